The molecular weight excluding hydrogens is 192 g/mol. The van der Waals surface area contributed by atoms with Crippen molar-refractivity contribution < 1.29 is 4.79 Å². The predicted octanol–water partition coefficient (Wildman–Crippen LogP) is 2.06. The molecule has 54 valence electrons. The lowest BCUT2D eigenvalue weighted by atomic mass is 9.95. The molecule has 2 atom stereocenters. The molecule has 2 bridgehead atoms. The first-order valence-corrected chi connectivity index (χ1v) is 4.40. The number of carbonyl (C=O) groups excluding carboxylic acids is 1. The van der Waals surface area contributed by atoms with Crippen LogP contribution in [0.25, 0.3) is 0 Å². The maximum absolute atomic E-state index is 11.3. The smallest absolute Gasteiger partial charge is 0.153 e. The largest absolute Gasteiger partial charge is 0.298 e. The van der Waals surface area contributed by atoms with Crippen LogP contribution in [0.2, 0.25) is 0 Å². The molecule has 0 aromatic carbocycles. The molecule has 2 aliphatic carbocycles. The Balaban J connectivity index is 2.39. The van der Waals surface area contributed by atoms with E-state index in [0.717, 1.165) is 19.3 Å². The number of Topliss-reactive ketones (excluding diaryl/α,β-unsaturated/α-hetero) is 1. The van der Waals surface area contributed by atoms with Gasteiger partial charge in [0.2, 0.25) is 0 Å². The third kappa shape index (κ3) is 0.782. The van der Waals surface area contributed by atoms with Crippen LogP contribution in [0, 0.1) is 5.92 Å². The average molecular weight is 201 g/mol. The first kappa shape index (κ1) is 6.59. The quantitative estimate of drug-likeness (QED) is 0.433. The highest BCUT2D eigenvalue weighted by Crippen LogP contribution is 2.44. The van der Waals surface area contributed by atoms with E-state index >= 15 is 0 Å². The number of fused-ring (bicyclic) bond motifs is 2. The van der Waals surface area contributed by atoms with Gasteiger partial charge in [-0.15, -0.1) is 0 Å². The molecule has 2 unspecified atom stereocenters. The maximum Gasteiger partial charge on any atom is 0.153 e. The lowest BCUT2D eigenvalue weighted by Crippen LogP contribution is -2.23. The van der Waals surface area contributed by atoms with Crippen molar-refractivity contribution in [2.75, 3.05) is 0 Å². The fourth-order valence-electron chi connectivity index (χ4n) is 1.81. The molecule has 0 amide bonds. The summed E-state index contributed by atoms with van der Waals surface area (Å²) in [5.41, 5.74) is 0. The Morgan fingerprint density at radius 2 is 2.50 bits per heavy atom. The molecule has 0 aliphatic heterocycles. The van der Waals surface area contributed by atoms with E-state index in [-0.39, 0.29) is 4.32 Å². The fourth-order valence-corrected chi connectivity index (χ4v) is 2.62. The average Bonchev–Trinajstić information content (AvgIpc) is 2.04. The highest BCUT2D eigenvalue weighted by Gasteiger charge is 2.44. The third-order valence-corrected chi connectivity index (χ3v) is 3.41. The van der Waals surface area contributed by atoms with Crippen molar-refractivity contribution in [1.29, 1.82) is 0 Å². The molecular formula is C8H9BrO. The normalized spacial score (nSPS) is 44.5. The van der Waals surface area contributed by atoms with Crippen molar-refractivity contribution in [1.82, 2.24) is 0 Å². The van der Waals surface area contributed by atoms with E-state index in [1.807, 2.05) is 6.08 Å². The minimum Gasteiger partial charge on any atom is -0.298 e. The zero-order valence-electron chi connectivity index (χ0n) is 5.64. The molecule has 1 saturated carbocycles. The van der Waals surface area contributed by atoms with Gasteiger partial charge in [0.15, 0.2) is 5.78 Å². The van der Waals surface area contributed by atoms with E-state index in [9.17, 15) is 4.79 Å². The molecule has 2 aliphatic rings. The molecule has 1 fully saturated rings. The fraction of sp³-hybridized carbons (Fsp3) is 0.625. The zero-order chi connectivity index (χ0) is 7.19. The summed E-state index contributed by atoms with van der Waals surface area (Å²) in [5.74, 6) is 0.989. The first-order valence-electron chi connectivity index (χ1n) is 3.61. The van der Waals surface area contributed by atoms with Gasteiger partial charge < -0.3 is 0 Å². The Labute approximate surface area is 68.6 Å². The molecule has 0 spiro atoms. The molecule has 2 rings (SSSR count). The van der Waals surface area contributed by atoms with Gasteiger partial charge in [-0.25, -0.2) is 0 Å². The van der Waals surface area contributed by atoms with E-state index in [1.165, 1.54) is 0 Å². The minimum atomic E-state index is -0.254. The molecule has 0 heterocycles. The lowest BCUT2D eigenvalue weighted by Gasteiger charge is -2.18. The van der Waals surface area contributed by atoms with Gasteiger partial charge in [0, 0.05) is 6.42 Å². The van der Waals surface area contributed by atoms with Crippen molar-refractivity contribution in [3.8, 4) is 0 Å². The van der Waals surface area contributed by atoms with Gasteiger partial charge in [0.1, 0.15) is 4.32 Å². The van der Waals surface area contributed by atoms with E-state index in [1.54, 1.807) is 0 Å². The van der Waals surface area contributed by atoms with Crippen LogP contribution >= 0.6 is 15.9 Å². The number of allylic oxidation sites excluding steroid dienone is 2. The second-order valence-corrected chi connectivity index (χ2v) is 4.61. The van der Waals surface area contributed by atoms with Gasteiger partial charge >= 0.3 is 0 Å². The van der Waals surface area contributed by atoms with Crippen LogP contribution in [0.5, 0.6) is 0 Å². The lowest BCUT2D eigenvalue weighted by molar-refractivity contribution is -0.118. The molecule has 0 saturated heterocycles. The summed E-state index contributed by atoms with van der Waals surface area (Å²) >= 11 is 3.47. The highest BCUT2D eigenvalue weighted by molar-refractivity contribution is 9.10. The number of alkyl halides is 1. The summed E-state index contributed by atoms with van der Waals surface area (Å²) in [6.45, 7) is 0. The number of hydrogen-bond donors (Lipinski definition) is 0. The molecule has 10 heavy (non-hydrogen) atoms. The van der Waals surface area contributed by atoms with Crippen molar-refractivity contribution >= 4 is 21.7 Å². The van der Waals surface area contributed by atoms with Crippen LogP contribution in [0.3, 0.4) is 0 Å². The van der Waals surface area contributed by atoms with Crippen molar-refractivity contribution in [3.63, 3.8) is 0 Å². The number of halogens is 1. The molecule has 2 heteroatoms. The summed E-state index contributed by atoms with van der Waals surface area (Å²) in [4.78, 5) is 11.3. The molecule has 0 N–H and O–H groups in total. The van der Waals surface area contributed by atoms with Gasteiger partial charge in [-0.3, -0.25) is 4.79 Å². The van der Waals surface area contributed by atoms with Gasteiger partial charge in [-0.1, -0.05) is 28.1 Å². The summed E-state index contributed by atoms with van der Waals surface area (Å²) < 4.78 is -0.254. The van der Waals surface area contributed by atoms with Crippen LogP contribution in [0.1, 0.15) is 19.3 Å². The van der Waals surface area contributed by atoms with Crippen molar-refractivity contribution in [2.24, 2.45) is 5.92 Å². The summed E-state index contributed by atoms with van der Waals surface area (Å²) in [7, 11) is 0. The Morgan fingerprint density at radius 3 is 3.10 bits per heavy atom. The Hall–Kier alpha value is -0.110. The molecule has 0 aromatic rings. The van der Waals surface area contributed by atoms with Crippen molar-refractivity contribution in [2.45, 2.75) is 23.6 Å². The van der Waals surface area contributed by atoms with E-state index in [2.05, 4.69) is 22.0 Å². The minimum absolute atomic E-state index is 0.254. The van der Waals surface area contributed by atoms with Crippen LogP contribution in [0.15, 0.2) is 12.2 Å². The molecule has 0 aromatic heterocycles. The number of ketones is 1. The Bertz CT molecular complexity index is 209. The highest BCUT2D eigenvalue weighted by atomic mass is 79.9. The number of hydrogen-bond acceptors (Lipinski definition) is 1. The summed E-state index contributed by atoms with van der Waals surface area (Å²) in [6.07, 6.45) is 7.02. The maximum atomic E-state index is 11.3. The second-order valence-electron chi connectivity index (χ2n) is 3.20. The summed E-state index contributed by atoms with van der Waals surface area (Å²) in [5, 5.41) is 0. The zero-order valence-corrected chi connectivity index (χ0v) is 7.23. The predicted molar refractivity (Wildman–Crippen MR) is 43.1 cm³/mol. The van der Waals surface area contributed by atoms with E-state index in [0.29, 0.717) is 11.7 Å². The standard InChI is InChI=1S/C8H9BrO/c9-8-3-1-2-6(5-8)4-7(8)10/h1,3,6H,2,4-5H2. The summed E-state index contributed by atoms with van der Waals surface area (Å²) in [6, 6.07) is 0. The second kappa shape index (κ2) is 1.94. The van der Waals surface area contributed by atoms with Gasteiger partial charge in [0.05, 0.1) is 0 Å². The molecule has 0 radical (unpaired) electrons. The van der Waals surface area contributed by atoms with Gasteiger partial charge in [-0.2, -0.15) is 0 Å². The van der Waals surface area contributed by atoms with Gasteiger partial charge in [-0.05, 0) is 18.8 Å². The van der Waals surface area contributed by atoms with E-state index < -0.39 is 0 Å². The third-order valence-electron chi connectivity index (χ3n) is 2.37. The Morgan fingerprint density at radius 1 is 1.70 bits per heavy atom. The number of carbonyl (C=O) groups is 1. The van der Waals surface area contributed by atoms with Crippen LogP contribution in [-0.4, -0.2) is 10.1 Å². The monoisotopic (exact) mass is 200 g/mol. The van der Waals surface area contributed by atoms with E-state index in [4.69, 9.17) is 0 Å². The van der Waals surface area contributed by atoms with Crippen LogP contribution < -0.4 is 0 Å². The van der Waals surface area contributed by atoms with Gasteiger partial charge in [0.25, 0.3) is 0 Å². The first-order chi connectivity index (χ1) is 4.71. The van der Waals surface area contributed by atoms with Crippen molar-refractivity contribution in [3.05, 3.63) is 12.2 Å². The van der Waals surface area contributed by atoms with Crippen LogP contribution in [0.4, 0.5) is 0 Å². The topological polar surface area (TPSA) is 17.1 Å². The Kier molecular flexibility index (Phi) is 1.28. The molecule has 1 nitrogen and oxygen atoms in total. The SMILES string of the molecule is O=C1CC2CC=CC1(Br)C2. The number of rotatable bonds is 0. The van der Waals surface area contributed by atoms with Crippen LogP contribution in [-0.2, 0) is 4.79 Å².